The molecule has 0 unspecified atom stereocenters. The molecule has 2 bridgehead atoms. The van der Waals surface area contributed by atoms with Crippen LogP contribution in [0.2, 0.25) is 0 Å². The molecule has 1 aromatic heterocycles. The maximum atomic E-state index is 9.03. The quantitative estimate of drug-likeness (QED) is 0.694. The van der Waals surface area contributed by atoms with Gasteiger partial charge in [-0.2, -0.15) is 4.98 Å². The van der Waals surface area contributed by atoms with Gasteiger partial charge in [0.15, 0.2) is 5.82 Å². The van der Waals surface area contributed by atoms with Gasteiger partial charge in [0, 0.05) is 12.0 Å². The van der Waals surface area contributed by atoms with Gasteiger partial charge in [-0.25, -0.2) is 0 Å². The van der Waals surface area contributed by atoms with Crippen molar-refractivity contribution >= 4 is 0 Å². The van der Waals surface area contributed by atoms with E-state index in [0.717, 1.165) is 25.1 Å². The first-order chi connectivity index (χ1) is 5.79. The van der Waals surface area contributed by atoms with Gasteiger partial charge in [-0.15, -0.1) is 0 Å². The van der Waals surface area contributed by atoms with E-state index in [-0.39, 0.29) is 10.8 Å². The standard InChI is InChI=1S/C8H10N2O2/c11-4-7-1-8(2-7,3-7)6-9-5-12-10-6/h5,11H,1-4H2. The van der Waals surface area contributed by atoms with Crippen LogP contribution in [0.15, 0.2) is 10.9 Å². The summed E-state index contributed by atoms with van der Waals surface area (Å²) in [5.41, 5.74) is 0.399. The molecule has 3 saturated carbocycles. The molecule has 0 amide bonds. The van der Waals surface area contributed by atoms with E-state index in [1.54, 1.807) is 0 Å². The van der Waals surface area contributed by atoms with Crippen LogP contribution in [-0.2, 0) is 5.41 Å². The van der Waals surface area contributed by atoms with Crippen molar-refractivity contribution in [1.29, 1.82) is 0 Å². The molecule has 0 spiro atoms. The highest BCUT2D eigenvalue weighted by Gasteiger charge is 2.69. The molecule has 0 radical (unpaired) electrons. The van der Waals surface area contributed by atoms with Gasteiger partial charge in [0.1, 0.15) is 0 Å². The van der Waals surface area contributed by atoms with E-state index in [2.05, 4.69) is 10.1 Å². The van der Waals surface area contributed by atoms with E-state index in [9.17, 15) is 0 Å². The van der Waals surface area contributed by atoms with Gasteiger partial charge in [0.25, 0.3) is 0 Å². The fourth-order valence-corrected chi connectivity index (χ4v) is 2.81. The lowest BCUT2D eigenvalue weighted by molar-refractivity contribution is -0.172. The van der Waals surface area contributed by atoms with Crippen molar-refractivity contribution in [1.82, 2.24) is 10.1 Å². The van der Waals surface area contributed by atoms with E-state index < -0.39 is 0 Å². The fourth-order valence-electron chi connectivity index (χ4n) is 2.81. The first kappa shape index (κ1) is 6.60. The number of hydrogen-bond donors (Lipinski definition) is 1. The van der Waals surface area contributed by atoms with E-state index in [0.29, 0.717) is 6.61 Å². The van der Waals surface area contributed by atoms with E-state index in [4.69, 9.17) is 9.63 Å². The Kier molecular flexibility index (Phi) is 0.942. The molecule has 64 valence electrons. The van der Waals surface area contributed by atoms with Crippen LogP contribution in [0.25, 0.3) is 0 Å². The zero-order chi connectivity index (χ0) is 8.23. The fraction of sp³-hybridized carbons (Fsp3) is 0.750. The number of aliphatic hydroxyl groups is 1. The Balaban J connectivity index is 1.84. The summed E-state index contributed by atoms with van der Waals surface area (Å²) in [5, 5.41) is 12.9. The Morgan fingerprint density at radius 2 is 2.25 bits per heavy atom. The first-order valence-electron chi connectivity index (χ1n) is 4.16. The molecule has 3 fully saturated rings. The van der Waals surface area contributed by atoms with Crippen LogP contribution in [0, 0.1) is 5.41 Å². The number of rotatable bonds is 2. The molecule has 0 aliphatic heterocycles. The van der Waals surface area contributed by atoms with Crippen molar-refractivity contribution in [2.24, 2.45) is 5.41 Å². The zero-order valence-corrected chi connectivity index (χ0v) is 6.66. The second-order valence-electron chi connectivity index (χ2n) is 4.22. The molecule has 4 rings (SSSR count). The lowest BCUT2D eigenvalue weighted by Crippen LogP contribution is -2.66. The zero-order valence-electron chi connectivity index (χ0n) is 6.66. The number of nitrogens with zero attached hydrogens (tertiary/aromatic N) is 2. The molecule has 12 heavy (non-hydrogen) atoms. The van der Waals surface area contributed by atoms with Crippen LogP contribution in [0.5, 0.6) is 0 Å². The van der Waals surface area contributed by atoms with Crippen molar-refractivity contribution in [3.05, 3.63) is 12.2 Å². The third kappa shape index (κ3) is 0.545. The number of aliphatic hydroxyl groups excluding tert-OH is 1. The summed E-state index contributed by atoms with van der Waals surface area (Å²) in [7, 11) is 0. The number of hydrogen-bond acceptors (Lipinski definition) is 4. The molecular formula is C8H10N2O2. The third-order valence-corrected chi connectivity index (χ3v) is 3.31. The van der Waals surface area contributed by atoms with Crippen LogP contribution in [0.1, 0.15) is 25.1 Å². The summed E-state index contributed by atoms with van der Waals surface area (Å²) >= 11 is 0. The minimum atomic E-state index is 0.176. The molecular weight excluding hydrogens is 156 g/mol. The molecule has 1 aromatic rings. The summed E-state index contributed by atoms with van der Waals surface area (Å²) < 4.78 is 4.70. The lowest BCUT2D eigenvalue weighted by atomic mass is 9.35. The normalized spacial score (nSPS) is 43.4. The van der Waals surface area contributed by atoms with Crippen LogP contribution in [0.3, 0.4) is 0 Å². The maximum absolute atomic E-state index is 9.03. The molecule has 1 N–H and O–H groups in total. The van der Waals surface area contributed by atoms with Gasteiger partial charge in [-0.1, -0.05) is 5.16 Å². The molecule has 4 nitrogen and oxygen atoms in total. The summed E-state index contributed by atoms with van der Waals surface area (Å²) in [4.78, 5) is 4.05. The molecule has 1 heterocycles. The molecule has 3 aliphatic rings. The van der Waals surface area contributed by atoms with Gasteiger partial charge in [-0.05, 0) is 24.7 Å². The van der Waals surface area contributed by atoms with Crippen molar-refractivity contribution in [3.8, 4) is 0 Å². The smallest absolute Gasteiger partial charge is 0.213 e. The molecule has 0 aromatic carbocycles. The second kappa shape index (κ2) is 1.71. The highest BCUT2D eigenvalue weighted by molar-refractivity contribution is 5.29. The van der Waals surface area contributed by atoms with E-state index >= 15 is 0 Å². The Morgan fingerprint density at radius 3 is 2.75 bits per heavy atom. The van der Waals surface area contributed by atoms with Gasteiger partial charge < -0.3 is 9.63 Å². The Morgan fingerprint density at radius 1 is 1.50 bits per heavy atom. The highest BCUT2D eigenvalue weighted by Crippen LogP contribution is 2.72. The number of aromatic nitrogens is 2. The topological polar surface area (TPSA) is 59.2 Å². The van der Waals surface area contributed by atoms with Crippen molar-refractivity contribution in [2.45, 2.75) is 24.7 Å². The Bertz CT molecular complexity index is 287. The van der Waals surface area contributed by atoms with Gasteiger partial charge in [0.2, 0.25) is 6.39 Å². The van der Waals surface area contributed by atoms with Crippen molar-refractivity contribution in [3.63, 3.8) is 0 Å². The molecule has 4 heteroatoms. The van der Waals surface area contributed by atoms with Crippen LogP contribution in [0.4, 0.5) is 0 Å². The van der Waals surface area contributed by atoms with E-state index in [1.807, 2.05) is 0 Å². The first-order valence-corrected chi connectivity index (χ1v) is 4.16. The van der Waals surface area contributed by atoms with Gasteiger partial charge in [-0.3, -0.25) is 0 Å². The largest absolute Gasteiger partial charge is 0.396 e. The van der Waals surface area contributed by atoms with Crippen LogP contribution >= 0.6 is 0 Å². The monoisotopic (exact) mass is 166 g/mol. The SMILES string of the molecule is OCC12CC(c3ncon3)(C1)C2. The van der Waals surface area contributed by atoms with Gasteiger partial charge >= 0.3 is 0 Å². The average Bonchev–Trinajstić information content (AvgIpc) is 2.35. The minimum absolute atomic E-state index is 0.176. The third-order valence-electron chi connectivity index (χ3n) is 3.31. The summed E-state index contributed by atoms with van der Waals surface area (Å²) in [6.45, 7) is 0.312. The average molecular weight is 166 g/mol. The lowest BCUT2D eigenvalue weighted by Gasteiger charge is -2.68. The van der Waals surface area contributed by atoms with Crippen molar-refractivity contribution < 1.29 is 9.63 Å². The molecule has 3 aliphatic carbocycles. The van der Waals surface area contributed by atoms with Gasteiger partial charge in [0.05, 0.1) is 0 Å². The summed E-state index contributed by atoms with van der Waals surface area (Å²) in [5.74, 6) is 0.831. The predicted molar refractivity (Wildman–Crippen MR) is 39.3 cm³/mol. The summed E-state index contributed by atoms with van der Waals surface area (Å²) in [6.07, 6.45) is 4.49. The molecule has 0 saturated heterocycles. The van der Waals surface area contributed by atoms with Crippen LogP contribution < -0.4 is 0 Å². The van der Waals surface area contributed by atoms with Crippen molar-refractivity contribution in [2.75, 3.05) is 6.61 Å². The second-order valence-corrected chi connectivity index (χ2v) is 4.22. The summed E-state index contributed by atoms with van der Waals surface area (Å²) in [6, 6.07) is 0. The Hall–Kier alpha value is -0.900. The maximum Gasteiger partial charge on any atom is 0.213 e. The Labute approximate surface area is 69.6 Å². The predicted octanol–water partition coefficient (Wildman–Crippen LogP) is 0.484. The van der Waals surface area contributed by atoms with E-state index in [1.165, 1.54) is 6.39 Å². The van der Waals surface area contributed by atoms with Crippen LogP contribution in [-0.4, -0.2) is 21.9 Å². The minimum Gasteiger partial charge on any atom is -0.396 e. The highest BCUT2D eigenvalue weighted by atomic mass is 16.5. The molecule has 0 atom stereocenters.